The molecule has 0 unspecified atom stereocenters. The number of benzene rings is 1. The molecule has 0 radical (unpaired) electrons. The normalized spacial score (nSPS) is 11.2. The molecule has 0 saturated heterocycles. The maximum absolute atomic E-state index is 12.2. The molecule has 0 saturated carbocycles. The number of hydrogen-bond donors (Lipinski definition) is 0. The van der Waals surface area contributed by atoms with E-state index in [1.807, 2.05) is 0 Å². The van der Waals surface area contributed by atoms with E-state index < -0.39 is 17.0 Å². The van der Waals surface area contributed by atoms with E-state index in [1.165, 1.54) is 24.5 Å². The highest BCUT2D eigenvalue weighted by Crippen LogP contribution is 2.34. The van der Waals surface area contributed by atoms with Crippen molar-refractivity contribution in [3.8, 4) is 16.9 Å². The van der Waals surface area contributed by atoms with Crippen LogP contribution in [0.5, 0.6) is 5.75 Å². The quantitative estimate of drug-likeness (QED) is 0.638. The topological polar surface area (TPSA) is 65.3 Å². The van der Waals surface area contributed by atoms with Crippen molar-refractivity contribution in [2.45, 2.75) is 6.36 Å². The van der Waals surface area contributed by atoms with Crippen molar-refractivity contribution in [2.75, 3.05) is 0 Å². The summed E-state index contributed by atoms with van der Waals surface area (Å²) in [7, 11) is 0. The van der Waals surface area contributed by atoms with Crippen LogP contribution in [-0.4, -0.2) is 16.3 Å². The van der Waals surface area contributed by atoms with Gasteiger partial charge in [0, 0.05) is 18.5 Å². The maximum atomic E-state index is 12.2. The lowest BCUT2D eigenvalue weighted by Crippen LogP contribution is -2.17. The minimum atomic E-state index is -4.86. The Kier molecular flexibility index (Phi) is 3.55. The molecule has 0 fully saturated rings. The van der Waals surface area contributed by atoms with Crippen molar-refractivity contribution in [1.82, 2.24) is 4.98 Å². The van der Waals surface area contributed by atoms with Crippen LogP contribution in [0.4, 0.5) is 18.9 Å². The van der Waals surface area contributed by atoms with E-state index in [9.17, 15) is 23.3 Å². The lowest BCUT2D eigenvalue weighted by Gasteiger charge is -2.10. The second kappa shape index (κ2) is 5.16. The van der Waals surface area contributed by atoms with Crippen LogP contribution < -0.4 is 4.74 Å². The minimum absolute atomic E-state index is 0.0270. The Morgan fingerprint density at radius 3 is 2.35 bits per heavy atom. The van der Waals surface area contributed by atoms with Gasteiger partial charge in [-0.05, 0) is 29.8 Å². The van der Waals surface area contributed by atoms with Gasteiger partial charge < -0.3 is 4.74 Å². The molecule has 0 N–H and O–H groups in total. The maximum Gasteiger partial charge on any atom is 0.573 e. The summed E-state index contributed by atoms with van der Waals surface area (Å²) in [4.78, 5) is 14.0. The summed E-state index contributed by atoms with van der Waals surface area (Å²) in [5.41, 5.74) is 0.0872. The first-order valence-corrected chi connectivity index (χ1v) is 5.31. The van der Waals surface area contributed by atoms with Crippen LogP contribution in [0.25, 0.3) is 11.1 Å². The monoisotopic (exact) mass is 284 g/mol. The Morgan fingerprint density at radius 1 is 1.15 bits per heavy atom. The number of hydrogen-bond acceptors (Lipinski definition) is 4. The summed E-state index contributed by atoms with van der Waals surface area (Å²) in [6, 6.07) is 5.76. The molecule has 5 nitrogen and oxygen atoms in total. The fourth-order valence-electron chi connectivity index (χ4n) is 1.63. The van der Waals surface area contributed by atoms with Crippen LogP contribution >= 0.6 is 0 Å². The van der Waals surface area contributed by atoms with Gasteiger partial charge in [-0.2, -0.15) is 0 Å². The van der Waals surface area contributed by atoms with Gasteiger partial charge in [0.2, 0.25) is 0 Å². The van der Waals surface area contributed by atoms with Gasteiger partial charge in [-0.15, -0.1) is 13.2 Å². The van der Waals surface area contributed by atoms with Gasteiger partial charge in [0.25, 0.3) is 5.69 Å². The standard InChI is InChI=1S/C12H7F3N2O3/c13-12(14,15)20-9-1-2-11(17(18)19)10(7-9)8-3-5-16-6-4-8/h1-7H. The molecule has 1 aromatic heterocycles. The van der Waals surface area contributed by atoms with E-state index >= 15 is 0 Å². The van der Waals surface area contributed by atoms with Crippen LogP contribution in [0, 0.1) is 10.1 Å². The first kappa shape index (κ1) is 13.8. The molecule has 0 aliphatic heterocycles. The molecule has 20 heavy (non-hydrogen) atoms. The average Bonchev–Trinajstić information content (AvgIpc) is 2.37. The van der Waals surface area contributed by atoms with Crippen LogP contribution in [0.2, 0.25) is 0 Å². The minimum Gasteiger partial charge on any atom is -0.406 e. The molecule has 8 heteroatoms. The van der Waals surface area contributed by atoms with Gasteiger partial charge in [0.15, 0.2) is 0 Å². The number of pyridine rings is 1. The van der Waals surface area contributed by atoms with Crippen molar-refractivity contribution < 1.29 is 22.8 Å². The Labute approximate surface area is 110 Å². The zero-order valence-corrected chi connectivity index (χ0v) is 9.79. The van der Waals surface area contributed by atoms with Gasteiger partial charge in [-0.3, -0.25) is 15.1 Å². The number of alkyl halides is 3. The van der Waals surface area contributed by atoms with Crippen LogP contribution in [0.3, 0.4) is 0 Å². The van der Waals surface area contributed by atoms with Gasteiger partial charge in [0.05, 0.1) is 10.5 Å². The average molecular weight is 284 g/mol. The SMILES string of the molecule is O=[N+]([O-])c1ccc(OC(F)(F)F)cc1-c1ccncc1. The number of nitrogens with zero attached hydrogens (tertiary/aromatic N) is 2. The van der Waals surface area contributed by atoms with Crippen molar-refractivity contribution in [1.29, 1.82) is 0 Å². The molecule has 104 valence electrons. The summed E-state index contributed by atoms with van der Waals surface area (Å²) >= 11 is 0. The summed E-state index contributed by atoms with van der Waals surface area (Å²) in [5, 5.41) is 10.9. The molecule has 0 amide bonds. The molecule has 1 heterocycles. The van der Waals surface area contributed by atoms with Crippen molar-refractivity contribution >= 4 is 5.69 Å². The van der Waals surface area contributed by atoms with Gasteiger partial charge in [-0.1, -0.05) is 0 Å². The first-order chi connectivity index (χ1) is 9.37. The first-order valence-electron chi connectivity index (χ1n) is 5.31. The summed E-state index contributed by atoms with van der Waals surface area (Å²) in [6.45, 7) is 0. The van der Waals surface area contributed by atoms with Crippen molar-refractivity contribution in [2.24, 2.45) is 0 Å². The molecule has 2 aromatic rings. The molecule has 0 atom stereocenters. The predicted molar refractivity (Wildman–Crippen MR) is 63.0 cm³/mol. The number of rotatable bonds is 3. The van der Waals surface area contributed by atoms with Crippen molar-refractivity contribution in [3.05, 3.63) is 52.8 Å². The number of halogens is 3. The van der Waals surface area contributed by atoms with Crippen LogP contribution in [-0.2, 0) is 0 Å². The number of aromatic nitrogens is 1. The molecular formula is C12H7F3N2O3. The summed E-state index contributed by atoms with van der Waals surface area (Å²) < 4.78 is 40.3. The molecule has 2 rings (SSSR count). The number of ether oxygens (including phenoxy) is 1. The van der Waals surface area contributed by atoms with Gasteiger partial charge in [-0.25, -0.2) is 0 Å². The Bertz CT molecular complexity index is 630. The fraction of sp³-hybridized carbons (Fsp3) is 0.0833. The summed E-state index contributed by atoms with van der Waals surface area (Å²) in [5.74, 6) is -0.519. The second-order valence-corrected chi connectivity index (χ2v) is 3.72. The lowest BCUT2D eigenvalue weighted by molar-refractivity contribution is -0.384. The third kappa shape index (κ3) is 3.22. The van der Waals surface area contributed by atoms with E-state index in [-0.39, 0.29) is 11.3 Å². The Morgan fingerprint density at radius 2 is 1.80 bits per heavy atom. The highest BCUT2D eigenvalue weighted by molar-refractivity contribution is 5.74. The Balaban J connectivity index is 2.51. The molecule has 0 aliphatic carbocycles. The molecule has 0 bridgehead atoms. The van der Waals surface area contributed by atoms with Crippen molar-refractivity contribution in [3.63, 3.8) is 0 Å². The van der Waals surface area contributed by atoms with E-state index in [0.717, 1.165) is 18.2 Å². The molecule has 0 spiro atoms. The fourth-order valence-corrected chi connectivity index (χ4v) is 1.63. The smallest absolute Gasteiger partial charge is 0.406 e. The lowest BCUT2D eigenvalue weighted by atomic mass is 10.0. The highest BCUT2D eigenvalue weighted by atomic mass is 19.4. The van der Waals surface area contributed by atoms with E-state index in [2.05, 4.69) is 9.72 Å². The third-order valence-corrected chi connectivity index (χ3v) is 2.39. The van der Waals surface area contributed by atoms with E-state index in [0.29, 0.717) is 5.56 Å². The van der Waals surface area contributed by atoms with Gasteiger partial charge >= 0.3 is 6.36 Å². The zero-order valence-electron chi connectivity index (χ0n) is 9.79. The number of nitro benzene ring substituents is 1. The zero-order chi connectivity index (χ0) is 14.8. The summed E-state index contributed by atoms with van der Waals surface area (Å²) in [6.07, 6.45) is -2.08. The largest absolute Gasteiger partial charge is 0.573 e. The van der Waals surface area contributed by atoms with E-state index in [1.54, 1.807) is 0 Å². The highest BCUT2D eigenvalue weighted by Gasteiger charge is 2.31. The second-order valence-electron chi connectivity index (χ2n) is 3.72. The van der Waals surface area contributed by atoms with Crippen LogP contribution in [0.1, 0.15) is 0 Å². The number of nitro groups is 1. The third-order valence-electron chi connectivity index (χ3n) is 2.39. The Hall–Kier alpha value is -2.64. The molecular weight excluding hydrogens is 277 g/mol. The van der Waals surface area contributed by atoms with E-state index in [4.69, 9.17) is 0 Å². The van der Waals surface area contributed by atoms with Gasteiger partial charge in [0.1, 0.15) is 5.75 Å². The predicted octanol–water partition coefficient (Wildman–Crippen LogP) is 3.56. The van der Waals surface area contributed by atoms with Crippen LogP contribution in [0.15, 0.2) is 42.7 Å². The molecule has 1 aromatic carbocycles. The molecule has 0 aliphatic rings.